The number of hydrogen-bond donors (Lipinski definition) is 2. The van der Waals surface area contributed by atoms with Crippen LogP contribution in [-0.2, 0) is 9.59 Å². The second-order valence-electron chi connectivity index (χ2n) is 4.46. The standard InChI is InChI=1S/C11H16N4O2S/c1-6(16)13-10(12)15-11-14-9(17)7-4-2-3-5-8(7)18-11/h7-8H,2-5H2,1H3,(H3,12,13,14,15,16,17). The van der Waals surface area contributed by atoms with E-state index in [9.17, 15) is 9.59 Å². The van der Waals surface area contributed by atoms with Crippen LogP contribution < -0.4 is 11.1 Å². The smallest absolute Gasteiger partial charge is 0.252 e. The number of aliphatic imine (C=N–C) groups is 2. The van der Waals surface area contributed by atoms with Gasteiger partial charge in [-0.05, 0) is 12.8 Å². The van der Waals surface area contributed by atoms with Crippen LogP contribution in [0.2, 0.25) is 0 Å². The van der Waals surface area contributed by atoms with Gasteiger partial charge in [0.1, 0.15) is 0 Å². The van der Waals surface area contributed by atoms with Gasteiger partial charge in [0.2, 0.25) is 11.9 Å². The number of fused-ring (bicyclic) bond motifs is 1. The molecule has 0 bridgehead atoms. The largest absolute Gasteiger partial charge is 0.369 e. The van der Waals surface area contributed by atoms with Crippen LogP contribution >= 0.6 is 11.8 Å². The van der Waals surface area contributed by atoms with Crippen molar-refractivity contribution < 1.29 is 9.59 Å². The molecule has 2 aliphatic rings. The summed E-state index contributed by atoms with van der Waals surface area (Å²) in [5.74, 6) is -0.382. The number of nitrogens with zero attached hydrogens (tertiary/aromatic N) is 2. The van der Waals surface area contributed by atoms with E-state index in [1.54, 1.807) is 0 Å². The molecule has 1 saturated carbocycles. The van der Waals surface area contributed by atoms with Gasteiger partial charge in [0.25, 0.3) is 5.91 Å². The summed E-state index contributed by atoms with van der Waals surface area (Å²) in [5.41, 5.74) is 5.53. The second kappa shape index (κ2) is 5.51. The van der Waals surface area contributed by atoms with Crippen LogP contribution in [0.25, 0.3) is 0 Å². The Kier molecular flexibility index (Phi) is 4.00. The summed E-state index contributed by atoms with van der Waals surface area (Å²) in [7, 11) is 0. The van der Waals surface area contributed by atoms with Crippen LogP contribution in [0.1, 0.15) is 32.6 Å². The van der Waals surface area contributed by atoms with Crippen molar-refractivity contribution in [2.45, 2.75) is 37.9 Å². The average Bonchev–Trinajstić information content (AvgIpc) is 2.27. The molecule has 1 aliphatic carbocycles. The summed E-state index contributed by atoms with van der Waals surface area (Å²) in [6.45, 7) is 1.35. The molecule has 7 heteroatoms. The average molecular weight is 268 g/mol. The van der Waals surface area contributed by atoms with Crippen LogP contribution in [0.4, 0.5) is 0 Å². The number of guanidine groups is 1. The first-order valence-electron chi connectivity index (χ1n) is 5.97. The fourth-order valence-corrected chi connectivity index (χ4v) is 3.49. The lowest BCUT2D eigenvalue weighted by atomic mass is 9.88. The van der Waals surface area contributed by atoms with Gasteiger partial charge in [-0.15, -0.1) is 0 Å². The molecular formula is C11H16N4O2S. The third-order valence-corrected chi connectivity index (χ3v) is 4.26. The lowest BCUT2D eigenvalue weighted by Crippen LogP contribution is -2.37. The highest BCUT2D eigenvalue weighted by molar-refractivity contribution is 8.14. The van der Waals surface area contributed by atoms with Gasteiger partial charge in [0.15, 0.2) is 5.17 Å². The number of amides is 2. The molecule has 0 spiro atoms. The Labute approximate surface area is 110 Å². The molecule has 0 aromatic heterocycles. The van der Waals surface area contributed by atoms with E-state index in [1.165, 1.54) is 18.7 Å². The molecule has 2 atom stereocenters. The maximum absolute atomic E-state index is 11.8. The lowest BCUT2D eigenvalue weighted by molar-refractivity contribution is -0.122. The minimum Gasteiger partial charge on any atom is -0.369 e. The first kappa shape index (κ1) is 13.1. The molecule has 0 radical (unpaired) electrons. The summed E-state index contributed by atoms with van der Waals surface area (Å²) < 4.78 is 0. The third kappa shape index (κ3) is 3.10. The number of carbonyl (C=O) groups excluding carboxylic acids is 2. The summed E-state index contributed by atoms with van der Waals surface area (Å²) in [5, 5.41) is 2.97. The Balaban J connectivity index is 2.10. The van der Waals surface area contributed by atoms with Crippen LogP contribution in [-0.4, -0.2) is 28.2 Å². The quantitative estimate of drug-likeness (QED) is 0.497. The van der Waals surface area contributed by atoms with E-state index in [0.29, 0.717) is 5.17 Å². The zero-order valence-corrected chi connectivity index (χ0v) is 11.0. The molecule has 0 aromatic carbocycles. The van der Waals surface area contributed by atoms with Gasteiger partial charge in [0.05, 0.1) is 5.92 Å². The summed E-state index contributed by atoms with van der Waals surface area (Å²) in [6, 6.07) is 0. The molecule has 1 aliphatic heterocycles. The fraction of sp³-hybridized carbons (Fsp3) is 0.636. The Morgan fingerprint density at radius 1 is 1.50 bits per heavy atom. The summed E-state index contributed by atoms with van der Waals surface area (Å²) in [4.78, 5) is 30.6. The molecule has 2 amide bonds. The van der Waals surface area contributed by atoms with E-state index in [1.807, 2.05) is 0 Å². The van der Waals surface area contributed by atoms with Gasteiger partial charge >= 0.3 is 0 Å². The first-order valence-corrected chi connectivity index (χ1v) is 6.85. The van der Waals surface area contributed by atoms with Gasteiger partial charge in [-0.3, -0.25) is 14.9 Å². The van der Waals surface area contributed by atoms with Crippen LogP contribution in [0, 0.1) is 5.92 Å². The maximum atomic E-state index is 11.8. The highest BCUT2D eigenvalue weighted by Crippen LogP contribution is 2.38. The lowest BCUT2D eigenvalue weighted by Gasteiger charge is -2.31. The van der Waals surface area contributed by atoms with E-state index in [0.717, 1.165) is 25.7 Å². The third-order valence-electron chi connectivity index (χ3n) is 3.00. The molecule has 0 aromatic rings. The van der Waals surface area contributed by atoms with E-state index < -0.39 is 0 Å². The number of carbonyl (C=O) groups is 2. The van der Waals surface area contributed by atoms with Crippen molar-refractivity contribution in [3.8, 4) is 0 Å². The number of nitrogens with one attached hydrogen (secondary N) is 1. The Morgan fingerprint density at radius 3 is 2.94 bits per heavy atom. The Morgan fingerprint density at radius 2 is 2.22 bits per heavy atom. The van der Waals surface area contributed by atoms with Gasteiger partial charge in [-0.1, -0.05) is 24.6 Å². The van der Waals surface area contributed by atoms with E-state index >= 15 is 0 Å². The Hall–Kier alpha value is -1.37. The molecule has 1 heterocycles. The minimum absolute atomic E-state index is 0.0178. The van der Waals surface area contributed by atoms with Gasteiger partial charge in [-0.25, -0.2) is 0 Å². The van der Waals surface area contributed by atoms with Crippen LogP contribution in [0.3, 0.4) is 0 Å². The molecule has 2 unspecified atom stereocenters. The number of thioether (sulfide) groups is 1. The van der Waals surface area contributed by atoms with Crippen molar-refractivity contribution in [3.05, 3.63) is 0 Å². The maximum Gasteiger partial charge on any atom is 0.252 e. The number of nitrogens with two attached hydrogens (primary N) is 1. The zero-order chi connectivity index (χ0) is 13.1. The molecule has 0 saturated heterocycles. The molecule has 2 rings (SSSR count). The predicted molar refractivity (Wildman–Crippen MR) is 71.2 cm³/mol. The molecule has 1 fully saturated rings. The highest BCUT2D eigenvalue weighted by Gasteiger charge is 2.36. The van der Waals surface area contributed by atoms with Gasteiger partial charge < -0.3 is 5.73 Å². The normalized spacial score (nSPS) is 28.4. The van der Waals surface area contributed by atoms with Crippen molar-refractivity contribution in [1.82, 2.24) is 5.32 Å². The summed E-state index contributed by atoms with van der Waals surface area (Å²) in [6.07, 6.45) is 4.16. The highest BCUT2D eigenvalue weighted by atomic mass is 32.2. The van der Waals surface area contributed by atoms with Crippen molar-refractivity contribution in [1.29, 1.82) is 0 Å². The molecule has 3 N–H and O–H groups in total. The molecule has 6 nitrogen and oxygen atoms in total. The minimum atomic E-state index is -0.292. The van der Waals surface area contributed by atoms with Gasteiger partial charge in [0, 0.05) is 12.2 Å². The van der Waals surface area contributed by atoms with Crippen LogP contribution in [0.15, 0.2) is 9.98 Å². The van der Waals surface area contributed by atoms with Crippen molar-refractivity contribution in [2.24, 2.45) is 21.6 Å². The number of rotatable bonds is 0. The van der Waals surface area contributed by atoms with E-state index in [-0.39, 0.29) is 28.9 Å². The molecule has 98 valence electrons. The monoisotopic (exact) mass is 268 g/mol. The molecular weight excluding hydrogens is 252 g/mol. The molecule has 18 heavy (non-hydrogen) atoms. The topological polar surface area (TPSA) is 96.9 Å². The zero-order valence-electron chi connectivity index (χ0n) is 10.2. The Bertz CT molecular complexity index is 433. The fourth-order valence-electron chi connectivity index (χ4n) is 2.22. The van der Waals surface area contributed by atoms with Gasteiger partial charge in [-0.2, -0.15) is 9.98 Å². The van der Waals surface area contributed by atoms with Crippen molar-refractivity contribution >= 4 is 34.7 Å². The van der Waals surface area contributed by atoms with E-state index in [2.05, 4.69) is 15.3 Å². The summed E-state index contributed by atoms with van der Waals surface area (Å²) >= 11 is 1.48. The first-order chi connectivity index (χ1) is 8.56. The number of hydrogen-bond acceptors (Lipinski definition) is 4. The second-order valence-corrected chi connectivity index (χ2v) is 5.66. The SMILES string of the molecule is CC(=O)N/C(N)=N/C1=NC(=O)C2CCCCC2S1. The van der Waals surface area contributed by atoms with Crippen molar-refractivity contribution in [2.75, 3.05) is 0 Å². The van der Waals surface area contributed by atoms with Crippen molar-refractivity contribution in [3.63, 3.8) is 0 Å². The predicted octanol–water partition coefficient (Wildman–Crippen LogP) is 0.625. The van der Waals surface area contributed by atoms with Crippen LogP contribution in [0.5, 0.6) is 0 Å². The van der Waals surface area contributed by atoms with E-state index in [4.69, 9.17) is 5.73 Å². The number of amidine groups is 1.